The molecule has 0 aliphatic carbocycles. The lowest BCUT2D eigenvalue weighted by molar-refractivity contribution is -0.119. The minimum Gasteiger partial charge on any atom is -0.482 e. The van der Waals surface area contributed by atoms with Crippen LogP contribution in [0.5, 0.6) is 5.75 Å². The number of primary amides is 1. The predicted octanol–water partition coefficient (Wildman–Crippen LogP) is 1.01. The van der Waals surface area contributed by atoms with E-state index in [4.69, 9.17) is 15.6 Å². The van der Waals surface area contributed by atoms with Gasteiger partial charge in [0.25, 0.3) is 5.91 Å². The van der Waals surface area contributed by atoms with Gasteiger partial charge in [0, 0.05) is 0 Å². The zero-order chi connectivity index (χ0) is 11.4. The Morgan fingerprint density at radius 2 is 2.13 bits per heavy atom. The largest absolute Gasteiger partial charge is 0.482 e. The highest BCUT2D eigenvalue weighted by atomic mass is 79.9. The van der Waals surface area contributed by atoms with Gasteiger partial charge in [0.15, 0.2) is 6.61 Å². The van der Waals surface area contributed by atoms with Crippen LogP contribution in [0.15, 0.2) is 22.7 Å². The monoisotopic (exact) mass is 273 g/mol. The number of hydrogen-bond donors (Lipinski definition) is 2. The van der Waals surface area contributed by atoms with Gasteiger partial charge < -0.3 is 15.6 Å². The Morgan fingerprint density at radius 3 is 2.67 bits per heavy atom. The summed E-state index contributed by atoms with van der Waals surface area (Å²) >= 11 is 3.13. The topological polar surface area (TPSA) is 89.6 Å². The van der Waals surface area contributed by atoms with Crippen molar-refractivity contribution in [3.8, 4) is 5.75 Å². The molecule has 15 heavy (non-hydrogen) atoms. The van der Waals surface area contributed by atoms with Gasteiger partial charge >= 0.3 is 5.97 Å². The molecule has 5 nitrogen and oxygen atoms in total. The molecule has 1 aromatic carbocycles. The molecule has 3 N–H and O–H groups in total. The van der Waals surface area contributed by atoms with E-state index in [1.54, 1.807) is 12.1 Å². The van der Waals surface area contributed by atoms with Gasteiger partial charge in [0.1, 0.15) is 11.3 Å². The first kappa shape index (κ1) is 11.5. The Hall–Kier alpha value is -1.56. The molecular formula is C9H8BrNO4. The lowest BCUT2D eigenvalue weighted by Gasteiger charge is -2.08. The Kier molecular flexibility index (Phi) is 3.68. The van der Waals surface area contributed by atoms with Crippen molar-refractivity contribution in [3.63, 3.8) is 0 Å². The van der Waals surface area contributed by atoms with Gasteiger partial charge in [0.2, 0.25) is 0 Å². The average molecular weight is 274 g/mol. The lowest BCUT2D eigenvalue weighted by Crippen LogP contribution is -2.21. The van der Waals surface area contributed by atoms with Gasteiger partial charge in [-0.1, -0.05) is 6.07 Å². The van der Waals surface area contributed by atoms with Crippen LogP contribution in [0, 0.1) is 0 Å². The number of para-hydroxylation sites is 1. The summed E-state index contributed by atoms with van der Waals surface area (Å²) in [5, 5.41) is 8.84. The van der Waals surface area contributed by atoms with Crippen LogP contribution in [-0.4, -0.2) is 23.6 Å². The van der Waals surface area contributed by atoms with Gasteiger partial charge in [-0.25, -0.2) is 4.79 Å². The summed E-state index contributed by atoms with van der Waals surface area (Å²) in [6, 6.07) is 4.55. The number of carbonyl (C=O) groups is 2. The molecule has 1 aromatic rings. The zero-order valence-electron chi connectivity index (χ0n) is 7.57. The molecule has 0 radical (unpaired) electrons. The molecule has 0 unspecified atom stereocenters. The smallest absolute Gasteiger partial charge is 0.339 e. The summed E-state index contributed by atoms with van der Waals surface area (Å²) in [6.45, 7) is -0.358. The number of ether oxygens (including phenoxy) is 1. The Labute approximate surface area is 94.0 Å². The summed E-state index contributed by atoms with van der Waals surface area (Å²) in [5.74, 6) is -1.69. The molecule has 6 heteroatoms. The number of carboxylic acid groups (broad SMARTS) is 1. The minimum atomic E-state index is -1.13. The summed E-state index contributed by atoms with van der Waals surface area (Å²) in [4.78, 5) is 21.3. The van der Waals surface area contributed by atoms with Crippen molar-refractivity contribution in [2.75, 3.05) is 6.61 Å². The molecule has 1 amide bonds. The summed E-state index contributed by atoms with van der Waals surface area (Å²) in [5.41, 5.74) is 4.87. The number of hydrogen-bond acceptors (Lipinski definition) is 3. The van der Waals surface area contributed by atoms with Crippen LogP contribution in [0.3, 0.4) is 0 Å². The third-order valence-corrected chi connectivity index (χ3v) is 2.18. The van der Waals surface area contributed by atoms with Crippen LogP contribution in [0.1, 0.15) is 10.4 Å². The van der Waals surface area contributed by atoms with Crippen LogP contribution in [0.25, 0.3) is 0 Å². The molecule has 0 atom stereocenters. The Morgan fingerprint density at radius 1 is 1.47 bits per heavy atom. The summed E-state index contributed by atoms with van der Waals surface area (Å²) < 4.78 is 5.45. The SMILES string of the molecule is NC(=O)COc1c(Br)cccc1C(=O)O. The maximum atomic E-state index is 10.8. The zero-order valence-corrected chi connectivity index (χ0v) is 9.15. The molecule has 0 heterocycles. The number of carbonyl (C=O) groups excluding carboxylic acids is 1. The van der Waals surface area contributed by atoms with E-state index in [2.05, 4.69) is 15.9 Å². The Balaban J connectivity index is 3.02. The molecular weight excluding hydrogens is 266 g/mol. The van der Waals surface area contributed by atoms with E-state index in [-0.39, 0.29) is 17.9 Å². The fraction of sp³-hybridized carbons (Fsp3) is 0.111. The van der Waals surface area contributed by atoms with Gasteiger partial charge in [-0.05, 0) is 28.1 Å². The highest BCUT2D eigenvalue weighted by Gasteiger charge is 2.14. The van der Waals surface area contributed by atoms with Gasteiger partial charge in [-0.15, -0.1) is 0 Å². The molecule has 0 saturated heterocycles. The quantitative estimate of drug-likeness (QED) is 0.857. The molecule has 0 aliphatic heterocycles. The van der Waals surface area contributed by atoms with Crippen molar-refractivity contribution in [2.24, 2.45) is 5.73 Å². The molecule has 0 fully saturated rings. The summed E-state index contributed by atoms with van der Waals surface area (Å²) in [6.07, 6.45) is 0. The fourth-order valence-corrected chi connectivity index (χ4v) is 1.45. The standard InChI is InChI=1S/C9H8BrNO4/c10-6-3-1-2-5(9(13)14)8(6)15-4-7(11)12/h1-3H,4H2,(H2,11,12)(H,13,14). The number of benzene rings is 1. The Bertz CT molecular complexity index is 405. The third kappa shape index (κ3) is 2.95. The molecule has 0 saturated carbocycles. The number of carboxylic acids is 1. The number of nitrogens with two attached hydrogens (primary N) is 1. The maximum absolute atomic E-state index is 10.8. The van der Waals surface area contributed by atoms with E-state index in [0.717, 1.165) is 0 Å². The molecule has 0 aromatic heterocycles. The van der Waals surface area contributed by atoms with Crippen LogP contribution in [0.2, 0.25) is 0 Å². The van der Waals surface area contributed by atoms with Crippen LogP contribution >= 0.6 is 15.9 Å². The van der Waals surface area contributed by atoms with Crippen molar-refractivity contribution in [1.82, 2.24) is 0 Å². The first-order valence-electron chi connectivity index (χ1n) is 3.95. The van der Waals surface area contributed by atoms with Crippen molar-refractivity contribution in [2.45, 2.75) is 0 Å². The first-order chi connectivity index (χ1) is 7.02. The van der Waals surface area contributed by atoms with Crippen molar-refractivity contribution in [3.05, 3.63) is 28.2 Å². The van der Waals surface area contributed by atoms with E-state index in [1.165, 1.54) is 6.07 Å². The minimum absolute atomic E-state index is 0.0226. The summed E-state index contributed by atoms with van der Waals surface area (Å²) in [7, 11) is 0. The molecule has 0 bridgehead atoms. The normalized spacial score (nSPS) is 9.67. The second kappa shape index (κ2) is 4.79. The number of amides is 1. The van der Waals surface area contributed by atoms with E-state index in [9.17, 15) is 9.59 Å². The van der Waals surface area contributed by atoms with Crippen molar-refractivity contribution < 1.29 is 19.4 Å². The molecule has 80 valence electrons. The van der Waals surface area contributed by atoms with Crippen molar-refractivity contribution >= 4 is 27.8 Å². The average Bonchev–Trinajstić information content (AvgIpc) is 2.15. The number of halogens is 1. The predicted molar refractivity (Wildman–Crippen MR) is 55.8 cm³/mol. The number of rotatable bonds is 4. The van der Waals surface area contributed by atoms with Crippen LogP contribution in [0.4, 0.5) is 0 Å². The second-order valence-electron chi connectivity index (χ2n) is 2.68. The van der Waals surface area contributed by atoms with Gasteiger partial charge in [-0.3, -0.25) is 4.79 Å². The molecule has 1 rings (SSSR count). The van der Waals surface area contributed by atoms with Gasteiger partial charge in [-0.2, -0.15) is 0 Å². The van der Waals surface area contributed by atoms with E-state index >= 15 is 0 Å². The van der Waals surface area contributed by atoms with E-state index < -0.39 is 11.9 Å². The number of aromatic carboxylic acids is 1. The molecule has 0 spiro atoms. The second-order valence-corrected chi connectivity index (χ2v) is 3.53. The maximum Gasteiger partial charge on any atom is 0.339 e. The lowest BCUT2D eigenvalue weighted by atomic mass is 10.2. The van der Waals surface area contributed by atoms with Gasteiger partial charge in [0.05, 0.1) is 4.47 Å². The first-order valence-corrected chi connectivity index (χ1v) is 4.74. The fourth-order valence-electron chi connectivity index (χ4n) is 0.967. The van der Waals surface area contributed by atoms with E-state index in [0.29, 0.717) is 4.47 Å². The van der Waals surface area contributed by atoms with Crippen LogP contribution in [-0.2, 0) is 4.79 Å². The van der Waals surface area contributed by atoms with Crippen LogP contribution < -0.4 is 10.5 Å². The van der Waals surface area contributed by atoms with Crippen molar-refractivity contribution in [1.29, 1.82) is 0 Å². The molecule has 0 aliphatic rings. The highest BCUT2D eigenvalue weighted by molar-refractivity contribution is 9.10. The van der Waals surface area contributed by atoms with E-state index in [1.807, 2.05) is 0 Å². The third-order valence-electron chi connectivity index (χ3n) is 1.56. The highest BCUT2D eigenvalue weighted by Crippen LogP contribution is 2.28.